The van der Waals surface area contributed by atoms with Crippen molar-refractivity contribution in [3.05, 3.63) is 65.0 Å². The number of nitrogens with one attached hydrogen (secondary N) is 1. The Morgan fingerprint density at radius 1 is 1.17 bits per heavy atom. The van der Waals surface area contributed by atoms with Gasteiger partial charge in [-0.15, -0.1) is 0 Å². The van der Waals surface area contributed by atoms with Crippen molar-refractivity contribution in [2.75, 3.05) is 18.8 Å². The number of fused-ring (bicyclic) bond motifs is 1. The summed E-state index contributed by atoms with van der Waals surface area (Å²) in [5.41, 5.74) is 7.39. The minimum Gasteiger partial charge on any atom is -0.457 e. The number of nitriles is 1. The van der Waals surface area contributed by atoms with Crippen molar-refractivity contribution in [3.63, 3.8) is 0 Å². The molecule has 0 bridgehead atoms. The SMILES string of the molecule is N#CCC(=O)N1CCC[C@@H](n2nc(-c3ccc(Oc4ccccc4)cc3)c3c(N)n[nH]c(=O)c32)C1. The summed E-state index contributed by atoms with van der Waals surface area (Å²) in [6, 6.07) is 18.5. The molecule has 0 spiro atoms. The summed E-state index contributed by atoms with van der Waals surface area (Å²) in [6.07, 6.45) is 1.30. The van der Waals surface area contributed by atoms with E-state index in [0.29, 0.717) is 35.4 Å². The van der Waals surface area contributed by atoms with Crippen LogP contribution in [0.4, 0.5) is 5.82 Å². The van der Waals surface area contributed by atoms with Crippen LogP contribution < -0.4 is 16.0 Å². The fourth-order valence-corrected chi connectivity index (χ4v) is 4.45. The number of anilines is 1. The first-order chi connectivity index (χ1) is 17.0. The highest BCUT2D eigenvalue weighted by Crippen LogP contribution is 2.34. The quantitative estimate of drug-likeness (QED) is 0.457. The summed E-state index contributed by atoms with van der Waals surface area (Å²) in [5.74, 6) is 1.32. The second-order valence-corrected chi connectivity index (χ2v) is 8.36. The van der Waals surface area contributed by atoms with Crippen molar-refractivity contribution >= 4 is 22.6 Å². The van der Waals surface area contributed by atoms with Gasteiger partial charge in [0.05, 0.1) is 17.5 Å². The van der Waals surface area contributed by atoms with Crippen molar-refractivity contribution in [3.8, 4) is 28.8 Å². The first-order valence-electron chi connectivity index (χ1n) is 11.3. The number of para-hydroxylation sites is 1. The molecule has 0 radical (unpaired) electrons. The van der Waals surface area contributed by atoms with Crippen LogP contribution in [0.2, 0.25) is 0 Å². The Morgan fingerprint density at radius 2 is 1.91 bits per heavy atom. The number of aromatic nitrogens is 4. The number of carbonyl (C=O) groups excluding carboxylic acids is 1. The maximum absolute atomic E-state index is 12.8. The van der Waals surface area contributed by atoms with Crippen LogP contribution in [0.3, 0.4) is 0 Å². The first-order valence-corrected chi connectivity index (χ1v) is 11.3. The van der Waals surface area contributed by atoms with Gasteiger partial charge in [0.2, 0.25) is 5.91 Å². The Labute approximate surface area is 200 Å². The van der Waals surface area contributed by atoms with Crippen LogP contribution in [0.5, 0.6) is 11.5 Å². The lowest BCUT2D eigenvalue weighted by molar-refractivity contribution is -0.131. The fraction of sp³-hybridized carbons (Fsp3) is 0.240. The van der Waals surface area contributed by atoms with Crippen molar-refractivity contribution in [1.29, 1.82) is 5.26 Å². The number of rotatable bonds is 5. The van der Waals surface area contributed by atoms with E-state index in [1.54, 1.807) is 9.58 Å². The van der Waals surface area contributed by atoms with Crippen LogP contribution >= 0.6 is 0 Å². The molecule has 1 aliphatic rings. The van der Waals surface area contributed by atoms with E-state index in [1.165, 1.54) is 0 Å². The monoisotopic (exact) mass is 469 g/mol. The van der Waals surface area contributed by atoms with E-state index in [9.17, 15) is 9.59 Å². The Kier molecular flexibility index (Phi) is 5.89. The zero-order valence-corrected chi connectivity index (χ0v) is 18.8. The number of hydrogen-bond donors (Lipinski definition) is 2. The molecule has 1 saturated heterocycles. The maximum Gasteiger partial charge on any atom is 0.290 e. The molecule has 2 aromatic carbocycles. The Hall–Kier alpha value is -4.65. The van der Waals surface area contributed by atoms with E-state index in [4.69, 9.17) is 20.8 Å². The largest absolute Gasteiger partial charge is 0.457 e. The molecular weight excluding hydrogens is 446 g/mol. The summed E-state index contributed by atoms with van der Waals surface area (Å²) in [7, 11) is 0. The van der Waals surface area contributed by atoms with E-state index in [1.807, 2.05) is 60.7 Å². The first kappa shape index (κ1) is 22.2. The van der Waals surface area contributed by atoms with Gasteiger partial charge in [-0.1, -0.05) is 18.2 Å². The average Bonchev–Trinajstić information content (AvgIpc) is 3.30. The highest BCUT2D eigenvalue weighted by Gasteiger charge is 2.29. The molecule has 3 heterocycles. The number of nitrogens with two attached hydrogens (primary N) is 1. The predicted molar refractivity (Wildman–Crippen MR) is 130 cm³/mol. The molecule has 10 heteroatoms. The highest BCUT2D eigenvalue weighted by atomic mass is 16.5. The number of benzene rings is 2. The zero-order chi connectivity index (χ0) is 24.4. The molecule has 1 atom stereocenters. The van der Waals surface area contributed by atoms with Crippen molar-refractivity contribution in [2.24, 2.45) is 0 Å². The van der Waals surface area contributed by atoms with E-state index < -0.39 is 5.56 Å². The molecule has 5 rings (SSSR count). The number of carbonyl (C=O) groups is 1. The van der Waals surface area contributed by atoms with Gasteiger partial charge in [-0.05, 0) is 49.2 Å². The van der Waals surface area contributed by atoms with Gasteiger partial charge in [0, 0.05) is 18.7 Å². The lowest BCUT2D eigenvalue weighted by Crippen LogP contribution is -2.41. The highest BCUT2D eigenvalue weighted by molar-refractivity contribution is 5.99. The maximum atomic E-state index is 12.8. The number of ether oxygens (including phenoxy) is 1. The number of nitrogen functional groups attached to an aromatic ring is 1. The summed E-state index contributed by atoms with van der Waals surface area (Å²) < 4.78 is 7.53. The van der Waals surface area contributed by atoms with E-state index >= 15 is 0 Å². The van der Waals surface area contributed by atoms with Crippen LogP contribution in [0.25, 0.3) is 22.2 Å². The lowest BCUT2D eigenvalue weighted by atomic mass is 10.1. The third-order valence-corrected chi connectivity index (χ3v) is 6.09. The molecule has 0 saturated carbocycles. The number of aromatic amines is 1. The van der Waals surface area contributed by atoms with Crippen LogP contribution in [-0.2, 0) is 4.79 Å². The van der Waals surface area contributed by atoms with Crippen LogP contribution in [-0.4, -0.2) is 43.9 Å². The molecular formula is C25H23N7O3. The Balaban J connectivity index is 1.53. The normalized spacial score (nSPS) is 15.6. The average molecular weight is 470 g/mol. The number of piperidine rings is 1. The molecule has 10 nitrogen and oxygen atoms in total. The van der Waals surface area contributed by atoms with Gasteiger partial charge in [-0.25, -0.2) is 5.10 Å². The molecule has 0 unspecified atom stereocenters. The van der Waals surface area contributed by atoms with Crippen LogP contribution in [0.15, 0.2) is 59.4 Å². The minimum absolute atomic E-state index is 0.165. The predicted octanol–water partition coefficient (Wildman–Crippen LogP) is 3.24. The van der Waals surface area contributed by atoms with E-state index in [2.05, 4.69) is 10.2 Å². The zero-order valence-electron chi connectivity index (χ0n) is 18.8. The smallest absolute Gasteiger partial charge is 0.290 e. The molecule has 1 aliphatic heterocycles. The molecule has 1 amide bonds. The summed E-state index contributed by atoms with van der Waals surface area (Å²) in [5, 5.41) is 20.6. The third kappa shape index (κ3) is 4.31. The van der Waals surface area contributed by atoms with Crippen molar-refractivity contribution < 1.29 is 9.53 Å². The molecule has 1 fully saturated rings. The Bertz CT molecular complexity index is 1470. The Morgan fingerprint density at radius 3 is 2.66 bits per heavy atom. The van der Waals surface area contributed by atoms with Gasteiger partial charge < -0.3 is 15.4 Å². The second kappa shape index (κ2) is 9.30. The standard InChI is InChI=1S/C25H23N7O3/c26-13-12-20(33)31-14-4-5-17(15-31)32-23-21(24(27)28-29-25(23)34)22(30-32)16-8-10-19(11-9-16)35-18-6-2-1-3-7-18/h1-3,6-11,17H,4-5,12,14-15H2,(H2,27,28)(H,29,34)/t17-/m1/s1. The number of H-pyrrole nitrogens is 1. The summed E-state index contributed by atoms with van der Waals surface area (Å²) >= 11 is 0. The van der Waals surface area contributed by atoms with Gasteiger partial charge in [-0.2, -0.15) is 15.5 Å². The van der Waals surface area contributed by atoms with E-state index in [-0.39, 0.29) is 24.2 Å². The number of nitrogens with zero attached hydrogens (tertiary/aromatic N) is 5. The number of hydrogen-bond acceptors (Lipinski definition) is 7. The summed E-state index contributed by atoms with van der Waals surface area (Å²) in [4.78, 5) is 26.8. The summed E-state index contributed by atoms with van der Waals surface area (Å²) in [6.45, 7) is 0.939. The second-order valence-electron chi connectivity index (χ2n) is 8.36. The molecule has 4 aromatic rings. The van der Waals surface area contributed by atoms with Gasteiger partial charge in [0.15, 0.2) is 5.82 Å². The third-order valence-electron chi connectivity index (χ3n) is 6.09. The van der Waals surface area contributed by atoms with E-state index in [0.717, 1.165) is 24.2 Å². The fourth-order valence-electron chi connectivity index (χ4n) is 4.45. The van der Waals surface area contributed by atoms with Crippen molar-refractivity contribution in [1.82, 2.24) is 24.9 Å². The molecule has 35 heavy (non-hydrogen) atoms. The van der Waals surface area contributed by atoms with Crippen molar-refractivity contribution in [2.45, 2.75) is 25.3 Å². The molecule has 0 aliphatic carbocycles. The molecule has 2 aromatic heterocycles. The van der Waals surface area contributed by atoms with Gasteiger partial charge in [-0.3, -0.25) is 14.3 Å². The minimum atomic E-state index is -0.405. The van der Waals surface area contributed by atoms with Gasteiger partial charge >= 0.3 is 0 Å². The van der Waals surface area contributed by atoms with Crippen LogP contribution in [0, 0.1) is 11.3 Å². The lowest BCUT2D eigenvalue weighted by Gasteiger charge is -2.32. The van der Waals surface area contributed by atoms with Crippen LogP contribution in [0.1, 0.15) is 25.3 Å². The number of amides is 1. The van der Waals surface area contributed by atoms with Gasteiger partial charge in [0.25, 0.3) is 5.56 Å². The van der Waals surface area contributed by atoms with Gasteiger partial charge in [0.1, 0.15) is 29.1 Å². The molecule has 3 N–H and O–H groups in total. The number of likely N-dealkylation sites (tertiary alicyclic amines) is 1. The topological polar surface area (TPSA) is 143 Å². The molecule has 176 valence electrons.